The van der Waals surface area contributed by atoms with E-state index in [2.05, 4.69) is 10.3 Å². The first-order valence-corrected chi connectivity index (χ1v) is 5.66. The van der Waals surface area contributed by atoms with Crippen molar-refractivity contribution in [2.24, 2.45) is 0 Å². The molecule has 1 N–H and O–H groups in total. The number of aromatic nitrogens is 1. The van der Waals surface area contributed by atoms with Crippen molar-refractivity contribution in [3.05, 3.63) is 28.6 Å². The highest BCUT2D eigenvalue weighted by Gasteiger charge is 2.22. The van der Waals surface area contributed by atoms with E-state index in [1.54, 1.807) is 0 Å². The number of nitro groups is 1. The van der Waals surface area contributed by atoms with Crippen LogP contribution in [0.25, 0.3) is 0 Å². The predicted molar refractivity (Wildman–Crippen MR) is 62.0 cm³/mol. The van der Waals surface area contributed by atoms with E-state index in [-0.39, 0.29) is 11.8 Å². The van der Waals surface area contributed by atoms with Gasteiger partial charge in [-0.25, -0.2) is 0 Å². The average Bonchev–Trinajstić information content (AvgIpc) is 2.82. The van der Waals surface area contributed by atoms with E-state index in [9.17, 15) is 10.1 Å². The molecule has 6 nitrogen and oxygen atoms in total. The summed E-state index contributed by atoms with van der Waals surface area (Å²) in [6.45, 7) is 2.97. The van der Waals surface area contributed by atoms with Gasteiger partial charge in [-0.15, -0.1) is 0 Å². The zero-order valence-corrected chi connectivity index (χ0v) is 9.63. The van der Waals surface area contributed by atoms with Crippen molar-refractivity contribution in [1.29, 1.82) is 0 Å². The van der Waals surface area contributed by atoms with Gasteiger partial charge in [0.2, 0.25) is 0 Å². The molecule has 6 heteroatoms. The molecule has 2 rings (SSSR count). The topological polar surface area (TPSA) is 77.3 Å². The summed E-state index contributed by atoms with van der Waals surface area (Å²) in [7, 11) is 0. The highest BCUT2D eigenvalue weighted by atomic mass is 16.6. The van der Waals surface area contributed by atoms with Crippen LogP contribution in [0, 0.1) is 10.1 Å². The fraction of sp³-hybridized carbons (Fsp3) is 0.545. The Labute approximate surface area is 99.2 Å². The van der Waals surface area contributed by atoms with E-state index in [0.29, 0.717) is 11.8 Å². The van der Waals surface area contributed by atoms with Crippen molar-refractivity contribution in [1.82, 2.24) is 10.3 Å². The fourth-order valence-electron chi connectivity index (χ4n) is 1.98. The van der Waals surface area contributed by atoms with Crippen LogP contribution in [0.4, 0.5) is 5.69 Å². The number of nitrogens with zero attached hydrogens (tertiary/aromatic N) is 2. The monoisotopic (exact) mass is 237 g/mol. The number of hydrogen-bond acceptors (Lipinski definition) is 5. The van der Waals surface area contributed by atoms with Crippen molar-refractivity contribution in [3.63, 3.8) is 0 Å². The average molecular weight is 237 g/mol. The standard InChI is InChI=1S/C11H15N3O3/c1-8(11-3-2-4-13-11)17-10-5-9(14(15)16)6-12-7-10/h5-8,11,13H,2-4H2,1H3/t8?,11-/m1/s1. The van der Waals surface area contributed by atoms with Gasteiger partial charge in [-0.3, -0.25) is 15.1 Å². The summed E-state index contributed by atoms with van der Waals surface area (Å²) in [6, 6.07) is 1.72. The fourth-order valence-corrected chi connectivity index (χ4v) is 1.98. The molecule has 0 aromatic carbocycles. The van der Waals surface area contributed by atoms with Crippen molar-refractivity contribution in [2.45, 2.75) is 31.9 Å². The summed E-state index contributed by atoms with van der Waals surface area (Å²) in [4.78, 5) is 13.9. The molecule has 0 amide bonds. The van der Waals surface area contributed by atoms with Crippen molar-refractivity contribution in [3.8, 4) is 5.75 Å². The summed E-state index contributed by atoms with van der Waals surface area (Å²) in [6.07, 6.45) is 4.92. The molecule has 1 aliphatic rings. The van der Waals surface area contributed by atoms with Crippen LogP contribution in [0.3, 0.4) is 0 Å². The third-order valence-corrected chi connectivity index (χ3v) is 2.90. The Hall–Kier alpha value is -1.69. The Morgan fingerprint density at radius 1 is 1.65 bits per heavy atom. The van der Waals surface area contributed by atoms with Crippen LogP contribution in [-0.2, 0) is 0 Å². The maximum Gasteiger partial charge on any atom is 0.291 e. The number of nitrogens with one attached hydrogen (secondary N) is 1. The quantitative estimate of drug-likeness (QED) is 0.634. The molecule has 0 radical (unpaired) electrons. The second-order valence-electron chi connectivity index (χ2n) is 4.16. The molecule has 2 atom stereocenters. The van der Waals surface area contributed by atoms with E-state index < -0.39 is 4.92 Å². The van der Waals surface area contributed by atoms with Gasteiger partial charge in [0, 0.05) is 6.04 Å². The van der Waals surface area contributed by atoms with Gasteiger partial charge in [0.15, 0.2) is 0 Å². The molecule has 0 saturated carbocycles. The number of hydrogen-bond donors (Lipinski definition) is 1. The molecular weight excluding hydrogens is 222 g/mol. The number of pyridine rings is 1. The summed E-state index contributed by atoms with van der Waals surface area (Å²) in [5.74, 6) is 0.445. The van der Waals surface area contributed by atoms with Crippen LogP contribution in [-0.4, -0.2) is 28.6 Å². The second kappa shape index (κ2) is 5.09. The van der Waals surface area contributed by atoms with E-state index >= 15 is 0 Å². The van der Waals surface area contributed by atoms with Crippen LogP contribution in [0.1, 0.15) is 19.8 Å². The van der Waals surface area contributed by atoms with Gasteiger partial charge in [-0.1, -0.05) is 0 Å². The van der Waals surface area contributed by atoms with E-state index in [1.807, 2.05) is 6.92 Å². The first-order chi connectivity index (χ1) is 8.16. The molecule has 17 heavy (non-hydrogen) atoms. The lowest BCUT2D eigenvalue weighted by molar-refractivity contribution is -0.385. The molecule has 1 unspecified atom stereocenters. The van der Waals surface area contributed by atoms with Gasteiger partial charge in [0.25, 0.3) is 5.69 Å². The van der Waals surface area contributed by atoms with Gasteiger partial charge in [0.1, 0.15) is 18.1 Å². The summed E-state index contributed by atoms with van der Waals surface area (Å²) >= 11 is 0. The number of ether oxygens (including phenoxy) is 1. The zero-order chi connectivity index (χ0) is 12.3. The Morgan fingerprint density at radius 2 is 2.47 bits per heavy atom. The van der Waals surface area contributed by atoms with Gasteiger partial charge >= 0.3 is 0 Å². The molecular formula is C11H15N3O3. The van der Waals surface area contributed by atoms with Crippen LogP contribution in [0.15, 0.2) is 18.5 Å². The molecule has 1 aromatic rings. The largest absolute Gasteiger partial charge is 0.487 e. The molecule has 0 bridgehead atoms. The highest BCUT2D eigenvalue weighted by molar-refractivity contribution is 5.33. The molecule has 0 aliphatic carbocycles. The Kier molecular flexibility index (Phi) is 3.53. The van der Waals surface area contributed by atoms with Crippen molar-refractivity contribution < 1.29 is 9.66 Å². The van der Waals surface area contributed by atoms with Gasteiger partial charge in [-0.2, -0.15) is 0 Å². The molecule has 2 heterocycles. The lowest BCUT2D eigenvalue weighted by atomic mass is 10.1. The zero-order valence-electron chi connectivity index (χ0n) is 9.63. The smallest absolute Gasteiger partial charge is 0.291 e. The summed E-state index contributed by atoms with van der Waals surface area (Å²) in [5, 5.41) is 13.9. The molecule has 1 aliphatic heterocycles. The van der Waals surface area contributed by atoms with E-state index in [0.717, 1.165) is 19.4 Å². The third-order valence-electron chi connectivity index (χ3n) is 2.90. The maximum atomic E-state index is 10.6. The molecule has 1 aromatic heterocycles. The second-order valence-corrected chi connectivity index (χ2v) is 4.16. The molecule has 92 valence electrons. The van der Waals surface area contributed by atoms with Crippen LogP contribution in [0.5, 0.6) is 5.75 Å². The first-order valence-electron chi connectivity index (χ1n) is 5.66. The molecule has 0 spiro atoms. The SMILES string of the molecule is CC(Oc1cncc([N+](=O)[O-])c1)[C@H]1CCCN1. The Balaban J connectivity index is 2.02. The molecule has 1 fully saturated rings. The van der Waals surface area contributed by atoms with E-state index in [1.165, 1.54) is 18.5 Å². The first kappa shape index (κ1) is 11.8. The minimum Gasteiger partial charge on any atom is -0.487 e. The predicted octanol–water partition coefficient (Wildman–Crippen LogP) is 1.51. The van der Waals surface area contributed by atoms with Gasteiger partial charge in [-0.05, 0) is 26.3 Å². The van der Waals surface area contributed by atoms with E-state index in [4.69, 9.17) is 4.74 Å². The maximum absolute atomic E-state index is 10.6. The van der Waals surface area contributed by atoms with Crippen molar-refractivity contribution in [2.75, 3.05) is 6.54 Å². The lowest BCUT2D eigenvalue weighted by Crippen LogP contribution is -2.36. The van der Waals surface area contributed by atoms with Crippen LogP contribution in [0.2, 0.25) is 0 Å². The third kappa shape index (κ3) is 2.91. The minimum atomic E-state index is -0.474. The normalized spacial score (nSPS) is 21.1. The number of rotatable bonds is 4. The minimum absolute atomic E-state index is 0.0127. The van der Waals surface area contributed by atoms with Crippen LogP contribution >= 0.6 is 0 Å². The summed E-state index contributed by atoms with van der Waals surface area (Å²) < 4.78 is 5.66. The lowest BCUT2D eigenvalue weighted by Gasteiger charge is -2.20. The van der Waals surface area contributed by atoms with Crippen molar-refractivity contribution >= 4 is 5.69 Å². The Morgan fingerprint density at radius 3 is 3.12 bits per heavy atom. The van der Waals surface area contributed by atoms with Gasteiger partial charge in [0.05, 0.1) is 17.2 Å². The van der Waals surface area contributed by atoms with Crippen LogP contribution < -0.4 is 10.1 Å². The molecule has 1 saturated heterocycles. The van der Waals surface area contributed by atoms with Gasteiger partial charge < -0.3 is 10.1 Å². The highest BCUT2D eigenvalue weighted by Crippen LogP contribution is 2.20. The Bertz CT molecular complexity index is 405. The summed E-state index contributed by atoms with van der Waals surface area (Å²) in [5.41, 5.74) is -0.0471.